The summed E-state index contributed by atoms with van der Waals surface area (Å²) in [6.07, 6.45) is 7.46. The van der Waals surface area contributed by atoms with Crippen LogP contribution in [0.5, 0.6) is 0 Å². The number of hydrogen-bond acceptors (Lipinski definition) is 7. The van der Waals surface area contributed by atoms with E-state index in [-0.39, 0.29) is 35.0 Å². The molecule has 2 aliphatic heterocycles. The van der Waals surface area contributed by atoms with Gasteiger partial charge in [-0.15, -0.1) is 0 Å². The van der Waals surface area contributed by atoms with Crippen molar-refractivity contribution in [1.29, 1.82) is 0 Å². The van der Waals surface area contributed by atoms with Crippen LogP contribution in [0.2, 0.25) is 0 Å². The van der Waals surface area contributed by atoms with Crippen LogP contribution in [0.4, 0.5) is 0 Å². The van der Waals surface area contributed by atoms with E-state index in [4.69, 9.17) is 18.6 Å². The first-order valence-electron chi connectivity index (χ1n) is 12.7. The lowest BCUT2D eigenvalue weighted by Crippen LogP contribution is -2.72. The van der Waals surface area contributed by atoms with Crippen LogP contribution in [0.15, 0.2) is 35.2 Å². The SMILES string of the molecule is CC(=O)O[C@H]1C[C@@H]2C(C)(C)C(=O)C=C[C@]2(C)[C@@H]2CC[C@@]3(C)[C@@H](c4ccoc4)OC(=O)[C@H]4O[C@]43[C@@]12C. The summed E-state index contributed by atoms with van der Waals surface area (Å²) < 4.78 is 24.0. The molecule has 35 heavy (non-hydrogen) atoms. The van der Waals surface area contributed by atoms with E-state index >= 15 is 0 Å². The van der Waals surface area contributed by atoms with Crippen molar-refractivity contribution in [3.8, 4) is 0 Å². The minimum absolute atomic E-state index is 0.00639. The van der Waals surface area contributed by atoms with Gasteiger partial charge in [0.25, 0.3) is 0 Å². The second-order valence-electron chi connectivity index (χ2n) is 12.6. The fourth-order valence-electron chi connectivity index (χ4n) is 9.20. The molecule has 7 nitrogen and oxygen atoms in total. The Kier molecular flexibility index (Phi) is 4.38. The van der Waals surface area contributed by atoms with E-state index in [0.717, 1.165) is 18.4 Å². The molecule has 3 aliphatic carbocycles. The number of epoxide rings is 1. The smallest absolute Gasteiger partial charge is 0.339 e. The molecule has 2 saturated heterocycles. The minimum atomic E-state index is -0.853. The highest BCUT2D eigenvalue weighted by Gasteiger charge is 2.88. The van der Waals surface area contributed by atoms with E-state index in [2.05, 4.69) is 26.8 Å². The third kappa shape index (κ3) is 2.48. The van der Waals surface area contributed by atoms with Crippen molar-refractivity contribution in [1.82, 2.24) is 0 Å². The molecular weight excluding hydrogens is 448 g/mol. The number of rotatable bonds is 2. The molecule has 1 aromatic heterocycles. The predicted octanol–water partition coefficient (Wildman–Crippen LogP) is 4.56. The van der Waals surface area contributed by atoms with E-state index in [9.17, 15) is 14.4 Å². The molecule has 6 rings (SSSR count). The maximum absolute atomic E-state index is 13.2. The molecule has 1 aromatic rings. The Morgan fingerprint density at radius 3 is 2.49 bits per heavy atom. The van der Waals surface area contributed by atoms with Crippen LogP contribution < -0.4 is 0 Å². The van der Waals surface area contributed by atoms with Crippen molar-refractivity contribution in [3.05, 3.63) is 36.3 Å². The lowest BCUT2D eigenvalue weighted by molar-refractivity contribution is -0.251. The molecule has 7 heteroatoms. The summed E-state index contributed by atoms with van der Waals surface area (Å²) in [6.45, 7) is 12.0. The Morgan fingerprint density at radius 2 is 1.83 bits per heavy atom. The van der Waals surface area contributed by atoms with Crippen molar-refractivity contribution in [2.75, 3.05) is 0 Å². The lowest BCUT2D eigenvalue weighted by atomic mass is 9.35. The Hall–Kier alpha value is -2.41. The Balaban J connectivity index is 1.55. The van der Waals surface area contributed by atoms with Gasteiger partial charge in [0, 0.05) is 28.7 Å². The Morgan fingerprint density at radius 1 is 1.09 bits per heavy atom. The molecule has 4 fully saturated rings. The average molecular weight is 483 g/mol. The zero-order valence-electron chi connectivity index (χ0n) is 21.3. The molecule has 0 unspecified atom stereocenters. The molecule has 0 radical (unpaired) electrons. The minimum Gasteiger partial charge on any atom is -0.472 e. The number of allylic oxidation sites excluding steroid dienone is 2. The van der Waals surface area contributed by atoms with E-state index in [0.29, 0.717) is 6.42 Å². The Bertz CT molecular complexity index is 1150. The van der Waals surface area contributed by atoms with Gasteiger partial charge in [-0.05, 0) is 48.7 Å². The van der Waals surface area contributed by atoms with Crippen molar-refractivity contribution < 1.29 is 33.0 Å². The van der Waals surface area contributed by atoms with Crippen molar-refractivity contribution in [2.45, 2.75) is 84.7 Å². The van der Waals surface area contributed by atoms with E-state index < -0.39 is 40.2 Å². The van der Waals surface area contributed by atoms with Crippen LogP contribution in [-0.4, -0.2) is 35.5 Å². The fourth-order valence-corrected chi connectivity index (χ4v) is 9.20. The summed E-state index contributed by atoms with van der Waals surface area (Å²) in [5.74, 6) is -0.603. The molecule has 1 spiro atoms. The zero-order valence-corrected chi connectivity index (χ0v) is 21.3. The van der Waals surface area contributed by atoms with Crippen LogP contribution in [0, 0.1) is 33.5 Å². The quantitative estimate of drug-likeness (QED) is 0.450. The Labute approximate surface area is 205 Å². The van der Waals surface area contributed by atoms with Crippen LogP contribution in [0.25, 0.3) is 0 Å². The normalized spacial score (nSPS) is 49.1. The first-order valence-corrected chi connectivity index (χ1v) is 12.7. The number of cyclic esters (lactones) is 1. The average Bonchev–Trinajstić information content (AvgIpc) is 3.35. The summed E-state index contributed by atoms with van der Waals surface area (Å²) >= 11 is 0. The van der Waals surface area contributed by atoms with Crippen LogP contribution >= 0.6 is 0 Å². The molecule has 0 amide bonds. The fraction of sp³-hybridized carbons (Fsp3) is 0.679. The van der Waals surface area contributed by atoms with Gasteiger partial charge in [-0.2, -0.15) is 0 Å². The van der Waals surface area contributed by atoms with Crippen molar-refractivity contribution in [2.24, 2.45) is 33.5 Å². The topological polar surface area (TPSA) is 95.3 Å². The summed E-state index contributed by atoms with van der Waals surface area (Å²) in [6, 6.07) is 1.84. The number of furan rings is 1. The third-order valence-electron chi connectivity index (χ3n) is 10.8. The highest BCUT2D eigenvalue weighted by Crippen LogP contribution is 2.79. The second kappa shape index (κ2) is 6.67. The molecule has 0 bridgehead atoms. The van der Waals surface area contributed by atoms with Gasteiger partial charge in [-0.1, -0.05) is 40.7 Å². The number of carbonyl (C=O) groups excluding carboxylic acids is 3. The van der Waals surface area contributed by atoms with Crippen LogP contribution in [-0.2, 0) is 28.6 Å². The molecule has 188 valence electrons. The summed E-state index contributed by atoms with van der Waals surface area (Å²) in [5, 5.41) is 0. The molecule has 3 heterocycles. The molecule has 9 atom stereocenters. The third-order valence-corrected chi connectivity index (χ3v) is 10.8. The van der Waals surface area contributed by atoms with Gasteiger partial charge in [0.05, 0.1) is 12.5 Å². The molecular formula is C28H34O7. The highest BCUT2D eigenvalue weighted by molar-refractivity contribution is 5.95. The number of fused-ring (bicyclic) bond motifs is 3. The van der Waals surface area contributed by atoms with Gasteiger partial charge in [0.1, 0.15) is 17.8 Å². The summed E-state index contributed by atoms with van der Waals surface area (Å²) in [4.78, 5) is 38.6. The van der Waals surface area contributed by atoms with Gasteiger partial charge in [0.2, 0.25) is 0 Å². The zero-order chi connectivity index (χ0) is 25.2. The van der Waals surface area contributed by atoms with Crippen LogP contribution in [0.1, 0.15) is 72.5 Å². The van der Waals surface area contributed by atoms with E-state index in [1.54, 1.807) is 18.6 Å². The summed E-state index contributed by atoms with van der Waals surface area (Å²) in [5.41, 5.74) is -2.15. The van der Waals surface area contributed by atoms with Crippen molar-refractivity contribution in [3.63, 3.8) is 0 Å². The maximum atomic E-state index is 13.2. The highest BCUT2D eigenvalue weighted by atomic mass is 16.7. The van der Waals surface area contributed by atoms with Gasteiger partial charge in [-0.25, -0.2) is 4.79 Å². The van der Waals surface area contributed by atoms with Gasteiger partial charge in [-0.3, -0.25) is 9.59 Å². The van der Waals surface area contributed by atoms with E-state index in [1.807, 2.05) is 19.9 Å². The lowest BCUT2D eigenvalue weighted by Gasteiger charge is -2.68. The van der Waals surface area contributed by atoms with Gasteiger partial charge < -0.3 is 18.6 Å². The van der Waals surface area contributed by atoms with Crippen molar-refractivity contribution >= 4 is 17.7 Å². The number of ether oxygens (including phenoxy) is 3. The number of carbonyl (C=O) groups is 3. The maximum Gasteiger partial charge on any atom is 0.339 e. The van der Waals surface area contributed by atoms with Gasteiger partial charge in [0.15, 0.2) is 11.9 Å². The second-order valence-corrected chi connectivity index (χ2v) is 12.6. The standard InChI is InChI=1S/C28H34O7/c1-15(29)33-20-13-18-24(2,3)19(30)8-10-25(18,4)17-7-11-26(5)21(16-9-12-32-14-16)34-23(31)22-28(26,35-22)27(17,20)6/h8-10,12,14,17-18,20-22H,7,11,13H2,1-6H3/t17-,18+,20-,21+,22+,25+,26-,27+,28+/m0/s1. The van der Waals surface area contributed by atoms with E-state index in [1.165, 1.54) is 6.92 Å². The monoisotopic (exact) mass is 482 g/mol. The molecule has 2 saturated carbocycles. The number of hydrogen-bond donors (Lipinski definition) is 0. The largest absolute Gasteiger partial charge is 0.472 e. The molecule has 5 aliphatic rings. The molecule has 0 N–H and O–H groups in total. The molecule has 0 aromatic carbocycles. The predicted molar refractivity (Wildman–Crippen MR) is 124 cm³/mol. The summed E-state index contributed by atoms with van der Waals surface area (Å²) in [7, 11) is 0. The van der Waals surface area contributed by atoms with Gasteiger partial charge >= 0.3 is 11.9 Å². The number of esters is 2. The first kappa shape index (κ1) is 23.0. The first-order chi connectivity index (χ1) is 16.3. The number of ketones is 1. The van der Waals surface area contributed by atoms with Crippen LogP contribution in [0.3, 0.4) is 0 Å².